The van der Waals surface area contributed by atoms with E-state index in [9.17, 15) is 9.18 Å². The highest BCUT2D eigenvalue weighted by Gasteiger charge is 2.24. The highest BCUT2D eigenvalue weighted by Crippen LogP contribution is 2.34. The lowest BCUT2D eigenvalue weighted by atomic mass is 10.1. The summed E-state index contributed by atoms with van der Waals surface area (Å²) in [5.74, 6) is -0.0159. The van der Waals surface area contributed by atoms with Gasteiger partial charge in [0.05, 0.1) is 22.6 Å². The predicted molar refractivity (Wildman–Crippen MR) is 109 cm³/mol. The van der Waals surface area contributed by atoms with Crippen LogP contribution in [0.4, 0.5) is 20.9 Å². The van der Waals surface area contributed by atoms with Crippen molar-refractivity contribution in [2.75, 3.05) is 29.0 Å². The van der Waals surface area contributed by atoms with Crippen molar-refractivity contribution >= 4 is 44.0 Å². The van der Waals surface area contributed by atoms with Crippen LogP contribution in [0.5, 0.6) is 0 Å². The van der Waals surface area contributed by atoms with Gasteiger partial charge in [-0.3, -0.25) is 14.5 Å². The molecule has 1 saturated heterocycles. The number of nitrogen functional groups attached to an aromatic ring is 1. The van der Waals surface area contributed by atoms with Crippen molar-refractivity contribution in [3.05, 3.63) is 29.8 Å². The van der Waals surface area contributed by atoms with Crippen LogP contribution in [0.15, 0.2) is 18.5 Å². The summed E-state index contributed by atoms with van der Waals surface area (Å²) in [4.78, 5) is 19.2. The van der Waals surface area contributed by atoms with E-state index in [0.717, 1.165) is 55.7 Å². The standard InChI is InChI=1S/C18H22FN7OS/c1-25-18(26-5-2-3-11(20)4-6-26)12(9-23-25)24-17(27)14-15-13(28-16(14)21)7-10(19)8-22-15/h7-9,11H,2-6,20-21H2,1H3,(H,24,27). The topological polar surface area (TPSA) is 115 Å². The van der Waals surface area contributed by atoms with Gasteiger partial charge in [0.25, 0.3) is 5.91 Å². The molecule has 0 bridgehead atoms. The molecule has 4 rings (SSSR count). The molecule has 1 aliphatic rings. The first-order valence-corrected chi connectivity index (χ1v) is 9.93. The van der Waals surface area contributed by atoms with Gasteiger partial charge in [0.1, 0.15) is 22.1 Å². The number of halogens is 1. The Morgan fingerprint density at radius 1 is 1.36 bits per heavy atom. The van der Waals surface area contributed by atoms with Gasteiger partial charge in [-0.1, -0.05) is 0 Å². The lowest BCUT2D eigenvalue weighted by Gasteiger charge is -2.24. The highest BCUT2D eigenvalue weighted by atomic mass is 32.1. The SMILES string of the molecule is Cn1ncc(NC(=O)c2c(N)sc3cc(F)cnc23)c1N1CCCC(N)CC1. The van der Waals surface area contributed by atoms with Gasteiger partial charge in [-0.15, -0.1) is 11.3 Å². The molecule has 0 radical (unpaired) electrons. The zero-order chi connectivity index (χ0) is 19.8. The molecule has 1 amide bonds. The number of fused-ring (bicyclic) bond motifs is 1. The number of nitrogens with one attached hydrogen (secondary N) is 1. The quantitative estimate of drug-likeness (QED) is 0.618. The molecule has 5 N–H and O–H groups in total. The van der Waals surface area contributed by atoms with Crippen molar-refractivity contribution in [3.63, 3.8) is 0 Å². The van der Waals surface area contributed by atoms with Crippen molar-refractivity contribution in [2.45, 2.75) is 25.3 Å². The van der Waals surface area contributed by atoms with Crippen molar-refractivity contribution in [2.24, 2.45) is 12.8 Å². The molecule has 3 aromatic heterocycles. The van der Waals surface area contributed by atoms with Gasteiger partial charge in [0, 0.05) is 26.2 Å². The van der Waals surface area contributed by atoms with Crippen molar-refractivity contribution in [1.29, 1.82) is 0 Å². The average Bonchev–Trinajstić information content (AvgIpc) is 3.07. The Kier molecular flexibility index (Phi) is 4.90. The smallest absolute Gasteiger partial charge is 0.261 e. The van der Waals surface area contributed by atoms with Gasteiger partial charge in [0.15, 0.2) is 5.82 Å². The van der Waals surface area contributed by atoms with Crippen LogP contribution in [-0.2, 0) is 7.05 Å². The summed E-state index contributed by atoms with van der Waals surface area (Å²) in [6.07, 6.45) is 5.56. The van der Waals surface area contributed by atoms with E-state index in [1.54, 1.807) is 10.9 Å². The number of carbonyl (C=O) groups excluding carboxylic acids is 1. The Bertz CT molecular complexity index is 1030. The molecule has 0 spiro atoms. The van der Waals surface area contributed by atoms with E-state index in [0.29, 0.717) is 20.9 Å². The van der Waals surface area contributed by atoms with E-state index in [4.69, 9.17) is 11.5 Å². The number of amides is 1. The van der Waals surface area contributed by atoms with E-state index in [1.807, 2.05) is 7.05 Å². The number of hydrogen-bond donors (Lipinski definition) is 3. The number of thiophene rings is 1. The van der Waals surface area contributed by atoms with Crippen molar-refractivity contribution < 1.29 is 9.18 Å². The van der Waals surface area contributed by atoms with Gasteiger partial charge in [-0.05, 0) is 25.3 Å². The summed E-state index contributed by atoms with van der Waals surface area (Å²) in [5, 5.41) is 7.52. The normalized spacial score (nSPS) is 17.7. The minimum atomic E-state index is -0.463. The zero-order valence-electron chi connectivity index (χ0n) is 15.5. The molecule has 3 aromatic rings. The average molecular weight is 403 g/mol. The maximum Gasteiger partial charge on any atom is 0.261 e. The molecule has 0 aliphatic carbocycles. The second kappa shape index (κ2) is 7.36. The lowest BCUT2D eigenvalue weighted by Crippen LogP contribution is -2.29. The number of aryl methyl sites for hydroxylation is 1. The second-order valence-electron chi connectivity index (χ2n) is 6.98. The first-order valence-electron chi connectivity index (χ1n) is 9.11. The molecule has 10 heteroatoms. The van der Waals surface area contributed by atoms with Crippen LogP contribution in [-0.4, -0.2) is 39.8 Å². The number of nitrogens with two attached hydrogens (primary N) is 2. The van der Waals surface area contributed by atoms with Crippen LogP contribution in [0, 0.1) is 5.82 Å². The number of hydrogen-bond acceptors (Lipinski definition) is 7. The molecule has 1 atom stereocenters. The van der Waals surface area contributed by atoms with Gasteiger partial charge in [-0.25, -0.2) is 4.39 Å². The molecule has 4 heterocycles. The molecular weight excluding hydrogens is 381 g/mol. The van der Waals surface area contributed by atoms with Crippen molar-refractivity contribution in [3.8, 4) is 0 Å². The summed E-state index contributed by atoms with van der Waals surface area (Å²) in [6, 6.07) is 1.52. The fourth-order valence-corrected chi connectivity index (χ4v) is 4.56. The van der Waals surface area contributed by atoms with E-state index in [1.165, 1.54) is 6.07 Å². The number of nitrogens with zero attached hydrogens (tertiary/aromatic N) is 4. The van der Waals surface area contributed by atoms with Crippen LogP contribution in [0.3, 0.4) is 0 Å². The monoisotopic (exact) mass is 403 g/mol. The summed E-state index contributed by atoms with van der Waals surface area (Å²) in [6.45, 7) is 1.65. The van der Waals surface area contributed by atoms with E-state index in [2.05, 4.69) is 20.3 Å². The largest absolute Gasteiger partial charge is 0.390 e. The van der Waals surface area contributed by atoms with E-state index in [-0.39, 0.29) is 17.5 Å². The van der Waals surface area contributed by atoms with Gasteiger partial charge in [0.2, 0.25) is 0 Å². The molecule has 1 fully saturated rings. The van der Waals surface area contributed by atoms with Gasteiger partial charge < -0.3 is 21.7 Å². The van der Waals surface area contributed by atoms with Crippen LogP contribution in [0.2, 0.25) is 0 Å². The number of anilines is 3. The summed E-state index contributed by atoms with van der Waals surface area (Å²) in [7, 11) is 1.84. The molecule has 148 valence electrons. The van der Waals surface area contributed by atoms with Crippen molar-refractivity contribution in [1.82, 2.24) is 14.8 Å². The molecule has 8 nitrogen and oxygen atoms in total. The maximum atomic E-state index is 13.4. The molecule has 0 saturated carbocycles. The first kappa shape index (κ1) is 18.6. The summed E-state index contributed by atoms with van der Waals surface area (Å²) < 4.78 is 15.7. The third kappa shape index (κ3) is 3.40. The Hall–Kier alpha value is -2.72. The Morgan fingerprint density at radius 3 is 3.00 bits per heavy atom. The molecule has 1 aliphatic heterocycles. The number of aromatic nitrogens is 3. The third-order valence-electron chi connectivity index (χ3n) is 4.98. The zero-order valence-corrected chi connectivity index (χ0v) is 16.3. The minimum absolute atomic E-state index is 0.194. The number of rotatable bonds is 3. The fraction of sp³-hybridized carbons (Fsp3) is 0.389. The minimum Gasteiger partial charge on any atom is -0.390 e. The van der Waals surface area contributed by atoms with E-state index >= 15 is 0 Å². The molecule has 28 heavy (non-hydrogen) atoms. The first-order chi connectivity index (χ1) is 13.4. The Labute approximate surface area is 165 Å². The Balaban J connectivity index is 1.64. The second-order valence-corrected chi connectivity index (χ2v) is 8.06. The predicted octanol–water partition coefficient (Wildman–Crippen LogP) is 2.32. The lowest BCUT2D eigenvalue weighted by molar-refractivity contribution is 0.102. The third-order valence-corrected chi connectivity index (χ3v) is 5.93. The number of pyridine rings is 1. The molecule has 0 aromatic carbocycles. The molecule has 1 unspecified atom stereocenters. The van der Waals surface area contributed by atoms with Crippen LogP contribution in [0.25, 0.3) is 10.2 Å². The maximum absolute atomic E-state index is 13.4. The van der Waals surface area contributed by atoms with Crippen LogP contribution in [0.1, 0.15) is 29.6 Å². The van der Waals surface area contributed by atoms with Crippen LogP contribution >= 0.6 is 11.3 Å². The number of carbonyl (C=O) groups is 1. The van der Waals surface area contributed by atoms with Crippen LogP contribution < -0.4 is 21.7 Å². The van der Waals surface area contributed by atoms with Gasteiger partial charge in [-0.2, -0.15) is 5.10 Å². The summed E-state index contributed by atoms with van der Waals surface area (Å²) in [5.41, 5.74) is 13.4. The highest BCUT2D eigenvalue weighted by molar-refractivity contribution is 7.23. The van der Waals surface area contributed by atoms with Gasteiger partial charge >= 0.3 is 0 Å². The molecular formula is C18H22FN7OS. The van der Waals surface area contributed by atoms with E-state index < -0.39 is 5.82 Å². The summed E-state index contributed by atoms with van der Waals surface area (Å²) >= 11 is 1.14. The Morgan fingerprint density at radius 2 is 2.18 bits per heavy atom. The fourth-order valence-electron chi connectivity index (χ4n) is 3.60.